The number of nitrogens with zero attached hydrogens (tertiary/aromatic N) is 3. The van der Waals surface area contributed by atoms with Crippen molar-refractivity contribution in [1.29, 1.82) is 10.5 Å². The molecule has 0 saturated carbocycles. The standard InChI is InChI=1S/C17H22FN5O/c1-21-17(14(8-19)9-20)22-10-16-12-24-7-6-23(16)11-13-2-4-15(18)5-3-13/h2-5,14,16-17,21-22H,6-7,10-12H2,1H3. The van der Waals surface area contributed by atoms with Crippen LogP contribution in [-0.2, 0) is 11.3 Å². The number of hydrogen-bond donors (Lipinski definition) is 2. The number of nitrogens with one attached hydrogen (secondary N) is 2. The minimum Gasteiger partial charge on any atom is -0.378 e. The Hall–Kier alpha value is -2.03. The van der Waals surface area contributed by atoms with Gasteiger partial charge in [-0.05, 0) is 24.7 Å². The number of ether oxygens (including phenoxy) is 1. The molecule has 128 valence electrons. The molecule has 1 heterocycles. The fourth-order valence-corrected chi connectivity index (χ4v) is 2.74. The van der Waals surface area contributed by atoms with E-state index in [2.05, 4.69) is 15.5 Å². The molecule has 2 unspecified atom stereocenters. The predicted molar refractivity (Wildman–Crippen MR) is 87.0 cm³/mol. The lowest BCUT2D eigenvalue weighted by molar-refractivity contribution is -0.0122. The molecule has 1 aliphatic rings. The van der Waals surface area contributed by atoms with Gasteiger partial charge in [-0.15, -0.1) is 0 Å². The molecule has 1 saturated heterocycles. The van der Waals surface area contributed by atoms with E-state index in [1.165, 1.54) is 12.1 Å². The maximum absolute atomic E-state index is 13.0. The average molecular weight is 331 g/mol. The van der Waals surface area contributed by atoms with E-state index in [1.54, 1.807) is 19.2 Å². The summed E-state index contributed by atoms with van der Waals surface area (Å²) in [5.41, 5.74) is 1.04. The SMILES string of the molecule is CNC(NCC1COCCN1Cc1ccc(F)cc1)C(C#N)C#N. The van der Waals surface area contributed by atoms with Crippen LogP contribution in [0, 0.1) is 34.4 Å². The van der Waals surface area contributed by atoms with E-state index < -0.39 is 12.1 Å². The van der Waals surface area contributed by atoms with Crippen molar-refractivity contribution in [3.05, 3.63) is 35.6 Å². The van der Waals surface area contributed by atoms with Gasteiger partial charge in [0.1, 0.15) is 5.82 Å². The molecule has 0 amide bonds. The molecular formula is C17H22FN5O. The molecule has 0 aliphatic carbocycles. The molecule has 1 fully saturated rings. The Balaban J connectivity index is 1.95. The summed E-state index contributed by atoms with van der Waals surface area (Å²) >= 11 is 0. The Morgan fingerprint density at radius 2 is 2.04 bits per heavy atom. The van der Waals surface area contributed by atoms with Gasteiger partial charge < -0.3 is 10.1 Å². The van der Waals surface area contributed by atoms with E-state index >= 15 is 0 Å². The molecule has 0 aromatic heterocycles. The van der Waals surface area contributed by atoms with Gasteiger partial charge in [0.25, 0.3) is 0 Å². The average Bonchev–Trinajstić information content (AvgIpc) is 2.61. The fourth-order valence-electron chi connectivity index (χ4n) is 2.74. The zero-order chi connectivity index (χ0) is 17.4. The number of halogens is 1. The molecule has 1 aliphatic heterocycles. The summed E-state index contributed by atoms with van der Waals surface area (Å²) in [7, 11) is 1.72. The highest BCUT2D eigenvalue weighted by Gasteiger charge is 2.26. The van der Waals surface area contributed by atoms with Crippen molar-refractivity contribution in [2.24, 2.45) is 5.92 Å². The van der Waals surface area contributed by atoms with Crippen molar-refractivity contribution >= 4 is 0 Å². The first-order chi connectivity index (χ1) is 11.7. The lowest BCUT2D eigenvalue weighted by Crippen LogP contribution is -2.54. The van der Waals surface area contributed by atoms with Gasteiger partial charge in [0.05, 0.1) is 31.5 Å². The van der Waals surface area contributed by atoms with Crippen LogP contribution in [0.2, 0.25) is 0 Å². The maximum atomic E-state index is 13.0. The van der Waals surface area contributed by atoms with E-state index in [-0.39, 0.29) is 11.9 Å². The fraction of sp³-hybridized carbons (Fsp3) is 0.529. The normalized spacial score (nSPS) is 19.6. The van der Waals surface area contributed by atoms with Gasteiger partial charge in [0, 0.05) is 25.7 Å². The number of benzene rings is 1. The molecule has 0 bridgehead atoms. The largest absolute Gasteiger partial charge is 0.378 e. The van der Waals surface area contributed by atoms with Gasteiger partial charge in [-0.25, -0.2) is 4.39 Å². The van der Waals surface area contributed by atoms with Gasteiger partial charge in [-0.3, -0.25) is 10.2 Å². The summed E-state index contributed by atoms with van der Waals surface area (Å²) < 4.78 is 18.6. The number of morpholine rings is 1. The van der Waals surface area contributed by atoms with Crippen LogP contribution in [0.25, 0.3) is 0 Å². The molecule has 1 aromatic carbocycles. The van der Waals surface area contributed by atoms with Crippen molar-refractivity contribution in [2.45, 2.75) is 18.8 Å². The second-order valence-electron chi connectivity index (χ2n) is 5.74. The van der Waals surface area contributed by atoms with Crippen LogP contribution in [0.15, 0.2) is 24.3 Å². The van der Waals surface area contributed by atoms with E-state index in [0.717, 1.165) is 12.1 Å². The van der Waals surface area contributed by atoms with Crippen molar-refractivity contribution in [2.75, 3.05) is 33.4 Å². The zero-order valence-electron chi connectivity index (χ0n) is 13.7. The molecule has 2 rings (SSSR count). The van der Waals surface area contributed by atoms with Gasteiger partial charge in [0.15, 0.2) is 5.92 Å². The number of nitriles is 2. The van der Waals surface area contributed by atoms with E-state index in [1.807, 2.05) is 12.1 Å². The lowest BCUT2D eigenvalue weighted by atomic mass is 10.1. The van der Waals surface area contributed by atoms with Crippen molar-refractivity contribution < 1.29 is 9.13 Å². The topological polar surface area (TPSA) is 84.1 Å². The van der Waals surface area contributed by atoms with Crippen molar-refractivity contribution in [3.8, 4) is 12.1 Å². The Morgan fingerprint density at radius 3 is 2.67 bits per heavy atom. The summed E-state index contributed by atoms with van der Waals surface area (Å²) in [6.45, 7) is 3.32. The van der Waals surface area contributed by atoms with Crippen LogP contribution < -0.4 is 10.6 Å². The molecule has 0 radical (unpaired) electrons. The summed E-state index contributed by atoms with van der Waals surface area (Å²) in [5, 5.41) is 24.2. The number of rotatable bonds is 7. The Bertz CT molecular complexity index is 580. The van der Waals surface area contributed by atoms with Gasteiger partial charge in [0.2, 0.25) is 0 Å². The third-order valence-corrected chi connectivity index (χ3v) is 4.14. The highest BCUT2D eigenvalue weighted by atomic mass is 19.1. The second-order valence-corrected chi connectivity index (χ2v) is 5.74. The maximum Gasteiger partial charge on any atom is 0.161 e. The zero-order valence-corrected chi connectivity index (χ0v) is 13.7. The first-order valence-electron chi connectivity index (χ1n) is 7.94. The molecule has 6 nitrogen and oxygen atoms in total. The van der Waals surface area contributed by atoms with E-state index in [9.17, 15) is 4.39 Å². The summed E-state index contributed by atoms with van der Waals surface area (Å²) in [4.78, 5) is 2.27. The third-order valence-electron chi connectivity index (χ3n) is 4.14. The van der Waals surface area contributed by atoms with E-state index in [0.29, 0.717) is 26.3 Å². The first kappa shape index (κ1) is 18.3. The number of hydrogen-bond acceptors (Lipinski definition) is 6. The van der Waals surface area contributed by atoms with E-state index in [4.69, 9.17) is 15.3 Å². The summed E-state index contributed by atoms with van der Waals surface area (Å²) in [6, 6.07) is 10.6. The van der Waals surface area contributed by atoms with Gasteiger partial charge >= 0.3 is 0 Å². The third kappa shape index (κ3) is 4.98. The van der Waals surface area contributed by atoms with Crippen LogP contribution in [0.1, 0.15) is 5.56 Å². The van der Waals surface area contributed by atoms with Crippen LogP contribution in [0.3, 0.4) is 0 Å². The highest BCUT2D eigenvalue weighted by molar-refractivity contribution is 5.16. The molecule has 2 N–H and O–H groups in total. The Morgan fingerprint density at radius 1 is 1.33 bits per heavy atom. The molecule has 2 atom stereocenters. The lowest BCUT2D eigenvalue weighted by Gasteiger charge is -2.36. The molecule has 0 spiro atoms. The monoisotopic (exact) mass is 331 g/mol. The molecule has 7 heteroatoms. The Kier molecular flexibility index (Phi) is 7.10. The molecular weight excluding hydrogens is 309 g/mol. The smallest absolute Gasteiger partial charge is 0.161 e. The van der Waals surface area contributed by atoms with Crippen LogP contribution in [0.5, 0.6) is 0 Å². The van der Waals surface area contributed by atoms with Crippen molar-refractivity contribution in [1.82, 2.24) is 15.5 Å². The van der Waals surface area contributed by atoms with Crippen LogP contribution in [-0.4, -0.2) is 50.5 Å². The minimum absolute atomic E-state index is 0.123. The quantitative estimate of drug-likeness (QED) is 0.720. The predicted octanol–water partition coefficient (Wildman–Crippen LogP) is 0.825. The van der Waals surface area contributed by atoms with Gasteiger partial charge in [-0.2, -0.15) is 10.5 Å². The Labute approximate surface area is 141 Å². The van der Waals surface area contributed by atoms with Gasteiger partial charge in [-0.1, -0.05) is 12.1 Å². The first-order valence-corrected chi connectivity index (χ1v) is 7.94. The molecule has 1 aromatic rings. The van der Waals surface area contributed by atoms with Crippen molar-refractivity contribution in [3.63, 3.8) is 0 Å². The molecule has 24 heavy (non-hydrogen) atoms. The highest BCUT2D eigenvalue weighted by Crippen LogP contribution is 2.13. The minimum atomic E-state index is -0.759. The second kappa shape index (κ2) is 9.31. The van der Waals surface area contributed by atoms with Crippen LogP contribution in [0.4, 0.5) is 4.39 Å². The summed E-state index contributed by atoms with van der Waals surface area (Å²) in [5.74, 6) is -1.00. The summed E-state index contributed by atoms with van der Waals surface area (Å²) in [6.07, 6.45) is -0.394. The van der Waals surface area contributed by atoms with Crippen LogP contribution >= 0.6 is 0 Å².